The van der Waals surface area contributed by atoms with Gasteiger partial charge in [0.25, 0.3) is 0 Å². The van der Waals surface area contributed by atoms with Gasteiger partial charge in [-0.15, -0.1) is 0 Å². The number of aliphatic hydroxyl groups excluding tert-OH is 1. The molecule has 0 aromatic carbocycles. The van der Waals surface area contributed by atoms with E-state index in [-0.39, 0.29) is 36.6 Å². The van der Waals surface area contributed by atoms with Crippen molar-refractivity contribution in [2.24, 2.45) is 50.5 Å². The van der Waals surface area contributed by atoms with E-state index < -0.39 is 11.9 Å². The lowest BCUT2D eigenvalue weighted by Gasteiger charge is -2.20. The third-order valence-corrected chi connectivity index (χ3v) is 13.9. The van der Waals surface area contributed by atoms with Gasteiger partial charge in [-0.05, 0) is 111 Å². The predicted octanol–water partition coefficient (Wildman–Crippen LogP) is 12.6. The molecule has 5 atom stereocenters. The maximum absolute atomic E-state index is 13.5. The van der Waals surface area contributed by atoms with Crippen molar-refractivity contribution in [2.45, 2.75) is 139 Å². The molecule has 8 bridgehead atoms. The number of hydrogen-bond donors (Lipinski definition) is 2. The van der Waals surface area contributed by atoms with Crippen LogP contribution in [0.1, 0.15) is 139 Å². The average molecular weight is 857 g/mol. The van der Waals surface area contributed by atoms with E-state index in [1.54, 1.807) is 0 Å². The Bertz CT molecular complexity index is 2240. The molecule has 1 saturated heterocycles. The Kier molecular flexibility index (Phi) is 15.9. The summed E-state index contributed by atoms with van der Waals surface area (Å²) < 4.78 is 11.1. The number of allylic oxidation sites excluding steroid dienone is 12. The van der Waals surface area contributed by atoms with Crippen LogP contribution in [0.2, 0.25) is 0 Å². The molecule has 5 heterocycles. The number of fused-ring (bicyclic) bond motifs is 5. The topological polar surface area (TPSA) is 122 Å². The second-order valence-corrected chi connectivity index (χ2v) is 19.1. The van der Waals surface area contributed by atoms with Gasteiger partial charge in [-0.3, -0.25) is 9.59 Å². The van der Waals surface area contributed by atoms with E-state index in [2.05, 4.69) is 73.4 Å². The Morgan fingerprint density at radius 1 is 0.889 bits per heavy atom. The standard InChI is InChI=1S/C54H72N4O5/c1-12-39-35(8)44-30-47-40(13-2)36(9)43(57-47)29-45-37(10)41(51(58-45)49-50(54(61)62-11)53(60)42-27-38(55-52(42)49)28-46(39)56-44)23-24-48(59)63-26-25-34(7)22-16-21-33(6)20-15-19-32(5)18-14-17-31(3)4/h13,25,27-33,37,41,50,58,60H,2,12,14-24,26H2,1,3-11H3. The van der Waals surface area contributed by atoms with E-state index in [0.29, 0.717) is 29.0 Å². The molecule has 0 amide bonds. The maximum Gasteiger partial charge on any atom is 0.321 e. The van der Waals surface area contributed by atoms with Crippen molar-refractivity contribution < 1.29 is 24.2 Å². The number of carbonyl (C=O) groups excluding carboxylic acids is 2. The zero-order valence-corrected chi connectivity index (χ0v) is 39.7. The highest BCUT2D eigenvalue weighted by molar-refractivity contribution is 6.23. The smallest absolute Gasteiger partial charge is 0.321 e. The van der Waals surface area contributed by atoms with Crippen molar-refractivity contribution >= 4 is 29.1 Å². The monoisotopic (exact) mass is 857 g/mol. The molecule has 1 aliphatic carbocycles. The molecule has 0 saturated carbocycles. The molecule has 5 unspecified atom stereocenters. The summed E-state index contributed by atoms with van der Waals surface area (Å²) in [6.07, 6.45) is 24.5. The summed E-state index contributed by atoms with van der Waals surface area (Å²) >= 11 is 0. The highest BCUT2D eigenvalue weighted by Gasteiger charge is 2.47. The van der Waals surface area contributed by atoms with E-state index >= 15 is 0 Å². The molecular weight excluding hydrogens is 785 g/mol. The second-order valence-electron chi connectivity index (χ2n) is 19.1. The zero-order valence-electron chi connectivity index (χ0n) is 39.7. The molecule has 1 fully saturated rings. The van der Waals surface area contributed by atoms with E-state index in [1.165, 1.54) is 57.6 Å². The van der Waals surface area contributed by atoms with Gasteiger partial charge in [0.15, 0.2) is 0 Å². The zero-order chi connectivity index (χ0) is 45.5. The quantitative estimate of drug-likeness (QED) is 0.0929. The number of hydrogen-bond acceptors (Lipinski definition) is 9. The van der Waals surface area contributed by atoms with Gasteiger partial charge in [0.1, 0.15) is 18.3 Å². The number of nitrogens with one attached hydrogen (secondary N) is 1. The summed E-state index contributed by atoms with van der Waals surface area (Å²) in [5, 5.41) is 15.4. The van der Waals surface area contributed by atoms with Crippen LogP contribution in [0.25, 0.3) is 0 Å². The Morgan fingerprint density at radius 3 is 2.22 bits per heavy atom. The fourth-order valence-corrected chi connectivity index (χ4v) is 9.92. The number of ether oxygens (including phenoxy) is 2. The van der Waals surface area contributed by atoms with Crippen molar-refractivity contribution in [2.75, 3.05) is 13.7 Å². The van der Waals surface area contributed by atoms with Crippen LogP contribution in [0, 0.1) is 35.5 Å². The third kappa shape index (κ3) is 10.8. The molecular formula is C54H72N4O5. The van der Waals surface area contributed by atoms with Gasteiger partial charge in [-0.25, -0.2) is 15.0 Å². The van der Waals surface area contributed by atoms with Crippen molar-refractivity contribution in [3.05, 3.63) is 116 Å². The van der Waals surface area contributed by atoms with Gasteiger partial charge >= 0.3 is 11.9 Å². The highest BCUT2D eigenvalue weighted by Crippen LogP contribution is 2.47. The molecule has 9 heteroatoms. The summed E-state index contributed by atoms with van der Waals surface area (Å²) in [4.78, 5) is 42.1. The molecule has 5 aliphatic heterocycles. The van der Waals surface area contributed by atoms with Crippen LogP contribution in [0.5, 0.6) is 0 Å². The number of aliphatic hydroxyl groups is 1. The average Bonchev–Trinajstić information content (AvgIpc) is 4.01. The van der Waals surface area contributed by atoms with Crippen molar-refractivity contribution in [3.63, 3.8) is 0 Å². The van der Waals surface area contributed by atoms with Crippen LogP contribution >= 0.6 is 0 Å². The van der Waals surface area contributed by atoms with Gasteiger partial charge in [0, 0.05) is 46.4 Å². The number of esters is 2. The molecule has 0 aromatic heterocycles. The summed E-state index contributed by atoms with van der Waals surface area (Å²) in [6.45, 7) is 24.3. The fourth-order valence-electron chi connectivity index (χ4n) is 9.92. The van der Waals surface area contributed by atoms with Gasteiger partial charge in [0.2, 0.25) is 0 Å². The Labute approximate surface area is 377 Å². The summed E-state index contributed by atoms with van der Waals surface area (Å²) in [5.74, 6) is -0.0235. The van der Waals surface area contributed by atoms with Crippen LogP contribution in [0.3, 0.4) is 0 Å². The number of nitrogens with zero attached hydrogens (tertiary/aromatic N) is 3. The van der Waals surface area contributed by atoms with Gasteiger partial charge in [-0.1, -0.05) is 105 Å². The second kappa shape index (κ2) is 21.1. The number of rotatable bonds is 20. The van der Waals surface area contributed by atoms with Crippen LogP contribution in [-0.4, -0.2) is 47.9 Å². The Morgan fingerprint density at radius 2 is 1.56 bits per heavy atom. The van der Waals surface area contributed by atoms with Crippen molar-refractivity contribution in [1.82, 2.24) is 5.32 Å². The lowest BCUT2D eigenvalue weighted by Crippen LogP contribution is -2.25. The lowest BCUT2D eigenvalue weighted by atomic mass is 9.84. The largest absolute Gasteiger partial charge is 0.510 e. The normalized spacial score (nSPS) is 22.7. The van der Waals surface area contributed by atoms with E-state index in [9.17, 15) is 14.7 Å². The molecule has 0 spiro atoms. The fraction of sp³-hybridized carbons (Fsp3) is 0.537. The minimum Gasteiger partial charge on any atom is -0.510 e. The number of carbonyl (C=O) groups is 2. The lowest BCUT2D eigenvalue weighted by molar-refractivity contribution is -0.144. The summed E-state index contributed by atoms with van der Waals surface area (Å²) in [7, 11) is 1.33. The first-order valence-corrected chi connectivity index (χ1v) is 23.7. The molecule has 0 radical (unpaired) electrons. The maximum atomic E-state index is 13.5. The van der Waals surface area contributed by atoms with E-state index in [0.717, 1.165) is 93.5 Å². The predicted molar refractivity (Wildman–Crippen MR) is 257 cm³/mol. The Balaban J connectivity index is 1.18. The van der Waals surface area contributed by atoms with E-state index in [4.69, 9.17) is 24.5 Å². The summed E-state index contributed by atoms with van der Waals surface area (Å²) in [5.41, 5.74) is 12.4. The molecule has 0 aromatic rings. The van der Waals surface area contributed by atoms with E-state index in [1.807, 2.05) is 37.3 Å². The minimum atomic E-state index is -1.07. The minimum absolute atomic E-state index is 0.1000. The van der Waals surface area contributed by atoms with Gasteiger partial charge < -0.3 is 19.9 Å². The van der Waals surface area contributed by atoms with Crippen molar-refractivity contribution in [1.29, 1.82) is 0 Å². The SMILES string of the molecule is C=CC1=C(C)C2=NC1=CC1=NC(=CC3=CC4=C(O)C(C(=O)OC)C(=C5NC(=C2)C(C)C5CCC(=O)OCC=C(C)CCCC(C)CCCC(C)CCCC(C)C)C4=N3)C(CC)=C1C. The molecule has 9 nitrogen and oxygen atoms in total. The van der Waals surface area contributed by atoms with Crippen LogP contribution in [-0.2, 0) is 19.1 Å². The third-order valence-electron chi connectivity index (χ3n) is 13.9. The number of methoxy groups -OCH3 is 1. The van der Waals surface area contributed by atoms with Crippen molar-refractivity contribution in [3.8, 4) is 0 Å². The van der Waals surface area contributed by atoms with Gasteiger partial charge in [-0.2, -0.15) is 0 Å². The highest BCUT2D eigenvalue weighted by atomic mass is 16.5. The summed E-state index contributed by atoms with van der Waals surface area (Å²) in [6, 6.07) is 0. The van der Waals surface area contributed by atoms with Crippen LogP contribution in [0.15, 0.2) is 131 Å². The van der Waals surface area contributed by atoms with Crippen LogP contribution < -0.4 is 5.32 Å². The molecule has 2 N–H and O–H groups in total. The first kappa shape index (κ1) is 47.4. The molecule has 6 rings (SSSR count). The number of aliphatic imine (C=N–C) groups is 3. The first-order valence-electron chi connectivity index (χ1n) is 23.7. The molecule has 338 valence electrons. The van der Waals surface area contributed by atoms with Gasteiger partial charge in [0.05, 0.1) is 41.3 Å². The first-order chi connectivity index (χ1) is 30.1. The molecule has 6 aliphatic rings. The van der Waals surface area contributed by atoms with Crippen LogP contribution in [0.4, 0.5) is 0 Å². The Hall–Kier alpha value is -5.05. The molecule has 63 heavy (non-hydrogen) atoms.